The Morgan fingerprint density at radius 3 is 2.57 bits per heavy atom. The molecule has 0 aliphatic heterocycles. The van der Waals surface area contributed by atoms with E-state index in [-0.39, 0.29) is 17.7 Å². The van der Waals surface area contributed by atoms with Crippen molar-refractivity contribution in [2.45, 2.75) is 12.3 Å². The van der Waals surface area contributed by atoms with Gasteiger partial charge in [0.1, 0.15) is 0 Å². The highest BCUT2D eigenvalue weighted by atomic mass is 19.2. The second-order valence-corrected chi connectivity index (χ2v) is 3.52. The molecule has 0 spiro atoms. The summed E-state index contributed by atoms with van der Waals surface area (Å²) in [5.41, 5.74) is 5.73. The lowest BCUT2D eigenvalue weighted by molar-refractivity contribution is -0.119. The Kier molecular flexibility index (Phi) is 1.98. The predicted octanol–water partition coefficient (Wildman–Crippen LogP) is 1.55. The minimum Gasteiger partial charge on any atom is -0.369 e. The summed E-state index contributed by atoms with van der Waals surface area (Å²) in [6.07, 6.45) is 0.639. The maximum atomic E-state index is 12.8. The van der Waals surface area contributed by atoms with Crippen molar-refractivity contribution in [2.24, 2.45) is 11.7 Å². The molecule has 2 N–H and O–H groups in total. The highest BCUT2D eigenvalue weighted by molar-refractivity contribution is 5.81. The van der Waals surface area contributed by atoms with Gasteiger partial charge in [0.15, 0.2) is 11.6 Å². The van der Waals surface area contributed by atoms with Gasteiger partial charge in [0, 0.05) is 5.92 Å². The van der Waals surface area contributed by atoms with Crippen molar-refractivity contribution in [1.82, 2.24) is 0 Å². The van der Waals surface area contributed by atoms with Gasteiger partial charge in [-0.05, 0) is 30.0 Å². The van der Waals surface area contributed by atoms with Gasteiger partial charge in [-0.3, -0.25) is 4.79 Å². The van der Waals surface area contributed by atoms with Crippen LogP contribution in [0.1, 0.15) is 17.9 Å². The van der Waals surface area contributed by atoms with Crippen LogP contribution in [0.4, 0.5) is 8.78 Å². The second kappa shape index (κ2) is 3.04. The third kappa shape index (κ3) is 1.47. The minimum atomic E-state index is -0.877. The molecule has 14 heavy (non-hydrogen) atoms. The Morgan fingerprint density at radius 1 is 1.36 bits per heavy atom. The summed E-state index contributed by atoms with van der Waals surface area (Å²) in [6, 6.07) is 3.69. The number of halogens is 2. The van der Waals surface area contributed by atoms with Gasteiger partial charge in [0.2, 0.25) is 5.91 Å². The first-order chi connectivity index (χ1) is 6.59. The molecule has 1 amide bonds. The first kappa shape index (κ1) is 9.12. The van der Waals surface area contributed by atoms with Crippen LogP contribution in [0.5, 0.6) is 0 Å². The molecule has 1 aliphatic carbocycles. The largest absolute Gasteiger partial charge is 0.369 e. The van der Waals surface area contributed by atoms with Gasteiger partial charge in [-0.2, -0.15) is 0 Å². The maximum absolute atomic E-state index is 12.8. The van der Waals surface area contributed by atoms with Crippen molar-refractivity contribution in [3.05, 3.63) is 35.4 Å². The number of hydrogen-bond donors (Lipinski definition) is 1. The highest BCUT2D eigenvalue weighted by Crippen LogP contribution is 2.47. The highest BCUT2D eigenvalue weighted by Gasteiger charge is 2.42. The Balaban J connectivity index is 2.20. The third-order valence-corrected chi connectivity index (χ3v) is 2.53. The molecular weight excluding hydrogens is 188 g/mol. The van der Waals surface area contributed by atoms with E-state index in [9.17, 15) is 13.6 Å². The molecule has 1 aromatic rings. The average Bonchev–Trinajstić information content (AvgIpc) is 2.89. The lowest BCUT2D eigenvalue weighted by Crippen LogP contribution is -2.13. The summed E-state index contributed by atoms with van der Waals surface area (Å²) in [5.74, 6) is -2.36. The zero-order chi connectivity index (χ0) is 10.3. The monoisotopic (exact) mass is 197 g/mol. The molecule has 2 rings (SSSR count). The standard InChI is InChI=1S/C10H9F2NO/c11-8-2-1-5(3-9(8)12)6-4-7(6)10(13)14/h1-3,6-7H,4H2,(H2,13,14)/t6-,7-/m0/s1. The first-order valence-electron chi connectivity index (χ1n) is 4.34. The van der Waals surface area contributed by atoms with Crippen molar-refractivity contribution in [3.63, 3.8) is 0 Å². The lowest BCUT2D eigenvalue weighted by Gasteiger charge is -1.99. The summed E-state index contributed by atoms with van der Waals surface area (Å²) >= 11 is 0. The molecule has 0 bridgehead atoms. The van der Waals surface area contributed by atoms with Gasteiger partial charge in [0.05, 0.1) is 0 Å². The SMILES string of the molecule is NC(=O)[C@H]1C[C@H]1c1ccc(F)c(F)c1. The molecule has 0 radical (unpaired) electrons. The van der Waals surface area contributed by atoms with Crippen molar-refractivity contribution >= 4 is 5.91 Å². The Hall–Kier alpha value is -1.45. The number of amides is 1. The Bertz CT molecular complexity index is 392. The second-order valence-electron chi connectivity index (χ2n) is 3.52. The maximum Gasteiger partial charge on any atom is 0.221 e. The number of benzene rings is 1. The van der Waals surface area contributed by atoms with E-state index in [1.165, 1.54) is 6.07 Å². The van der Waals surface area contributed by atoms with E-state index in [1.807, 2.05) is 0 Å². The van der Waals surface area contributed by atoms with Crippen molar-refractivity contribution in [3.8, 4) is 0 Å². The van der Waals surface area contributed by atoms with E-state index >= 15 is 0 Å². The molecule has 2 nitrogen and oxygen atoms in total. The van der Waals surface area contributed by atoms with Crippen LogP contribution in [-0.2, 0) is 4.79 Å². The lowest BCUT2D eigenvalue weighted by atomic mass is 10.1. The molecule has 1 fully saturated rings. The molecule has 4 heteroatoms. The number of rotatable bonds is 2. The predicted molar refractivity (Wildman–Crippen MR) is 46.4 cm³/mol. The molecule has 1 saturated carbocycles. The van der Waals surface area contributed by atoms with Crippen LogP contribution >= 0.6 is 0 Å². The topological polar surface area (TPSA) is 43.1 Å². The van der Waals surface area contributed by atoms with Crippen molar-refractivity contribution < 1.29 is 13.6 Å². The quantitative estimate of drug-likeness (QED) is 0.768. The van der Waals surface area contributed by atoms with Crippen LogP contribution in [0.25, 0.3) is 0 Å². The molecular formula is C10H9F2NO. The summed E-state index contributed by atoms with van der Waals surface area (Å²) in [4.78, 5) is 10.8. The van der Waals surface area contributed by atoms with E-state index in [0.29, 0.717) is 12.0 Å². The van der Waals surface area contributed by atoms with Crippen LogP contribution in [0.2, 0.25) is 0 Å². The van der Waals surface area contributed by atoms with Crippen LogP contribution in [0, 0.1) is 17.6 Å². The van der Waals surface area contributed by atoms with Crippen molar-refractivity contribution in [2.75, 3.05) is 0 Å². The van der Waals surface area contributed by atoms with Gasteiger partial charge in [-0.15, -0.1) is 0 Å². The van der Waals surface area contributed by atoms with Gasteiger partial charge < -0.3 is 5.73 Å². The number of carbonyl (C=O) groups excluding carboxylic acids is 1. The minimum absolute atomic E-state index is 0.0254. The van der Waals surface area contributed by atoms with E-state index in [1.54, 1.807) is 0 Å². The van der Waals surface area contributed by atoms with Crippen LogP contribution in [-0.4, -0.2) is 5.91 Å². The van der Waals surface area contributed by atoms with Crippen LogP contribution in [0.3, 0.4) is 0 Å². The molecule has 1 aliphatic rings. The van der Waals surface area contributed by atoms with Gasteiger partial charge in [-0.25, -0.2) is 8.78 Å². The molecule has 0 heterocycles. The zero-order valence-corrected chi connectivity index (χ0v) is 7.34. The van der Waals surface area contributed by atoms with Crippen LogP contribution in [0.15, 0.2) is 18.2 Å². The van der Waals surface area contributed by atoms with E-state index < -0.39 is 11.6 Å². The number of primary amides is 1. The Labute approximate surface area is 79.7 Å². The van der Waals surface area contributed by atoms with Gasteiger partial charge in [0.25, 0.3) is 0 Å². The summed E-state index contributed by atoms with van der Waals surface area (Å²) in [7, 11) is 0. The molecule has 0 aromatic heterocycles. The van der Waals surface area contributed by atoms with E-state index in [2.05, 4.69) is 0 Å². The summed E-state index contributed by atoms with van der Waals surface area (Å²) in [5, 5.41) is 0. The summed E-state index contributed by atoms with van der Waals surface area (Å²) in [6.45, 7) is 0. The first-order valence-corrected chi connectivity index (χ1v) is 4.34. The molecule has 2 atom stereocenters. The fourth-order valence-corrected chi connectivity index (χ4v) is 1.62. The molecule has 0 unspecified atom stereocenters. The number of nitrogens with two attached hydrogens (primary N) is 1. The fourth-order valence-electron chi connectivity index (χ4n) is 1.62. The Morgan fingerprint density at radius 2 is 2.07 bits per heavy atom. The van der Waals surface area contributed by atoms with Crippen LogP contribution < -0.4 is 5.73 Å². The van der Waals surface area contributed by atoms with E-state index in [4.69, 9.17) is 5.73 Å². The smallest absolute Gasteiger partial charge is 0.221 e. The number of carbonyl (C=O) groups is 1. The fraction of sp³-hybridized carbons (Fsp3) is 0.300. The third-order valence-electron chi connectivity index (χ3n) is 2.53. The van der Waals surface area contributed by atoms with Gasteiger partial charge in [-0.1, -0.05) is 6.07 Å². The van der Waals surface area contributed by atoms with E-state index in [0.717, 1.165) is 12.1 Å². The van der Waals surface area contributed by atoms with Gasteiger partial charge >= 0.3 is 0 Å². The zero-order valence-electron chi connectivity index (χ0n) is 7.34. The molecule has 74 valence electrons. The average molecular weight is 197 g/mol. The summed E-state index contributed by atoms with van der Waals surface area (Å²) < 4.78 is 25.4. The molecule has 0 saturated heterocycles. The molecule has 1 aromatic carbocycles. The van der Waals surface area contributed by atoms with Crippen molar-refractivity contribution in [1.29, 1.82) is 0 Å². The normalized spacial score (nSPS) is 24.7. The number of hydrogen-bond acceptors (Lipinski definition) is 1.